The van der Waals surface area contributed by atoms with Gasteiger partial charge in [-0.1, -0.05) is 18.2 Å². The fourth-order valence-electron chi connectivity index (χ4n) is 1.28. The molecule has 82 valence electrons. The van der Waals surface area contributed by atoms with Gasteiger partial charge >= 0.3 is 6.03 Å². The van der Waals surface area contributed by atoms with Gasteiger partial charge in [-0.2, -0.15) is 0 Å². The maximum Gasteiger partial charge on any atom is 0.319 e. The highest BCUT2D eigenvalue weighted by atomic mass is 16.3. The Balaban J connectivity index is 1.81. The third-order valence-corrected chi connectivity index (χ3v) is 2.03. The summed E-state index contributed by atoms with van der Waals surface area (Å²) >= 11 is 0. The van der Waals surface area contributed by atoms with Gasteiger partial charge in [0.25, 0.3) is 0 Å². The van der Waals surface area contributed by atoms with Crippen LogP contribution in [0, 0.1) is 0 Å². The van der Waals surface area contributed by atoms with Crippen molar-refractivity contribution in [3.8, 4) is 0 Å². The molecule has 0 saturated carbocycles. The average Bonchev–Trinajstić information content (AvgIpc) is 2.81. The molecular weight excluding hydrogens is 204 g/mol. The van der Waals surface area contributed by atoms with E-state index in [1.54, 1.807) is 12.3 Å². The van der Waals surface area contributed by atoms with Crippen LogP contribution in [0.5, 0.6) is 0 Å². The van der Waals surface area contributed by atoms with E-state index in [4.69, 9.17) is 4.42 Å². The van der Waals surface area contributed by atoms with Gasteiger partial charge in [0.2, 0.25) is 0 Å². The zero-order valence-corrected chi connectivity index (χ0v) is 8.64. The summed E-state index contributed by atoms with van der Waals surface area (Å²) in [4.78, 5) is 11.4. The van der Waals surface area contributed by atoms with Crippen LogP contribution in [0.15, 0.2) is 53.1 Å². The van der Waals surface area contributed by atoms with Gasteiger partial charge in [0.15, 0.2) is 0 Å². The van der Waals surface area contributed by atoms with Gasteiger partial charge in [0.05, 0.1) is 12.8 Å². The van der Waals surface area contributed by atoms with Crippen LogP contribution in [0.3, 0.4) is 0 Å². The first-order valence-corrected chi connectivity index (χ1v) is 4.97. The molecule has 4 nitrogen and oxygen atoms in total. The van der Waals surface area contributed by atoms with Crippen molar-refractivity contribution < 1.29 is 9.21 Å². The molecule has 0 radical (unpaired) electrons. The van der Waals surface area contributed by atoms with E-state index in [0.29, 0.717) is 6.54 Å². The van der Waals surface area contributed by atoms with Crippen molar-refractivity contribution >= 4 is 11.7 Å². The number of amides is 2. The highest BCUT2D eigenvalue weighted by molar-refractivity contribution is 5.89. The molecule has 2 rings (SSSR count). The highest BCUT2D eigenvalue weighted by Crippen LogP contribution is 2.04. The number of nitrogens with one attached hydrogen (secondary N) is 2. The first-order valence-electron chi connectivity index (χ1n) is 4.97. The molecule has 0 atom stereocenters. The van der Waals surface area contributed by atoms with E-state index in [0.717, 1.165) is 11.4 Å². The Labute approximate surface area is 93.3 Å². The minimum atomic E-state index is -0.248. The van der Waals surface area contributed by atoms with Crippen LogP contribution in [0.1, 0.15) is 5.76 Å². The number of urea groups is 1. The predicted octanol–water partition coefficient (Wildman–Crippen LogP) is 2.60. The lowest BCUT2D eigenvalue weighted by atomic mass is 10.3. The number of carbonyl (C=O) groups is 1. The Morgan fingerprint density at radius 3 is 2.62 bits per heavy atom. The van der Waals surface area contributed by atoms with Gasteiger partial charge in [-0.15, -0.1) is 0 Å². The van der Waals surface area contributed by atoms with Gasteiger partial charge in [-0.25, -0.2) is 4.79 Å². The Hall–Kier alpha value is -2.23. The Bertz CT molecular complexity index is 437. The molecule has 2 aromatic rings. The van der Waals surface area contributed by atoms with Crippen molar-refractivity contribution in [3.63, 3.8) is 0 Å². The van der Waals surface area contributed by atoms with E-state index in [1.807, 2.05) is 36.4 Å². The van der Waals surface area contributed by atoms with Crippen LogP contribution in [0.4, 0.5) is 10.5 Å². The second-order valence-corrected chi connectivity index (χ2v) is 3.25. The van der Waals surface area contributed by atoms with Gasteiger partial charge in [0, 0.05) is 5.69 Å². The Morgan fingerprint density at radius 2 is 1.94 bits per heavy atom. The van der Waals surface area contributed by atoms with Gasteiger partial charge < -0.3 is 15.1 Å². The second kappa shape index (κ2) is 5.02. The molecule has 0 saturated heterocycles. The molecule has 4 heteroatoms. The molecule has 0 fully saturated rings. The number of carbonyl (C=O) groups excluding carboxylic acids is 1. The summed E-state index contributed by atoms with van der Waals surface area (Å²) in [6.45, 7) is 0.381. The zero-order chi connectivity index (χ0) is 11.2. The van der Waals surface area contributed by atoms with Crippen molar-refractivity contribution in [2.45, 2.75) is 6.54 Å². The molecule has 0 unspecified atom stereocenters. The largest absolute Gasteiger partial charge is 0.467 e. The van der Waals surface area contributed by atoms with E-state index < -0.39 is 0 Å². The molecule has 0 bridgehead atoms. The number of benzene rings is 1. The van der Waals surface area contributed by atoms with Gasteiger partial charge in [-0.3, -0.25) is 0 Å². The maximum atomic E-state index is 11.4. The van der Waals surface area contributed by atoms with Crippen LogP contribution in [0.25, 0.3) is 0 Å². The molecule has 2 amide bonds. The average molecular weight is 216 g/mol. The van der Waals surface area contributed by atoms with Gasteiger partial charge in [-0.05, 0) is 24.3 Å². The van der Waals surface area contributed by atoms with E-state index >= 15 is 0 Å². The third-order valence-electron chi connectivity index (χ3n) is 2.03. The number of anilines is 1. The van der Waals surface area contributed by atoms with Crippen molar-refractivity contribution in [1.29, 1.82) is 0 Å². The monoisotopic (exact) mass is 216 g/mol. The smallest absolute Gasteiger partial charge is 0.319 e. The molecule has 0 aliphatic carbocycles. The number of hydrogen-bond donors (Lipinski definition) is 2. The first-order chi connectivity index (χ1) is 7.84. The molecule has 1 aromatic heterocycles. The molecule has 1 aromatic carbocycles. The van der Waals surface area contributed by atoms with Crippen molar-refractivity contribution in [3.05, 3.63) is 54.5 Å². The summed E-state index contributed by atoms with van der Waals surface area (Å²) in [7, 11) is 0. The summed E-state index contributed by atoms with van der Waals surface area (Å²) < 4.78 is 5.09. The van der Waals surface area contributed by atoms with Crippen LogP contribution in [-0.2, 0) is 6.54 Å². The van der Waals surface area contributed by atoms with E-state index in [2.05, 4.69) is 10.6 Å². The van der Waals surface area contributed by atoms with E-state index in [1.165, 1.54) is 0 Å². The summed E-state index contributed by atoms with van der Waals surface area (Å²) in [6, 6.07) is 12.6. The summed E-state index contributed by atoms with van der Waals surface area (Å²) in [5, 5.41) is 5.40. The summed E-state index contributed by atoms with van der Waals surface area (Å²) in [6.07, 6.45) is 1.58. The number of para-hydroxylation sites is 1. The summed E-state index contributed by atoms with van der Waals surface area (Å²) in [5.74, 6) is 0.725. The number of hydrogen-bond acceptors (Lipinski definition) is 2. The fourth-order valence-corrected chi connectivity index (χ4v) is 1.28. The second-order valence-electron chi connectivity index (χ2n) is 3.25. The van der Waals surface area contributed by atoms with Crippen molar-refractivity contribution in [2.75, 3.05) is 5.32 Å². The van der Waals surface area contributed by atoms with Crippen molar-refractivity contribution in [2.24, 2.45) is 0 Å². The maximum absolute atomic E-state index is 11.4. The lowest BCUT2D eigenvalue weighted by Crippen LogP contribution is -2.27. The summed E-state index contributed by atoms with van der Waals surface area (Å²) in [5.41, 5.74) is 0.763. The van der Waals surface area contributed by atoms with Crippen LogP contribution >= 0.6 is 0 Å². The Kier molecular flexibility index (Phi) is 3.23. The predicted molar refractivity (Wildman–Crippen MR) is 61.0 cm³/mol. The molecule has 0 aliphatic rings. The molecular formula is C12H12N2O2. The zero-order valence-electron chi connectivity index (χ0n) is 8.64. The number of rotatable bonds is 3. The van der Waals surface area contributed by atoms with Gasteiger partial charge in [0.1, 0.15) is 5.76 Å². The molecule has 16 heavy (non-hydrogen) atoms. The lowest BCUT2D eigenvalue weighted by Gasteiger charge is -2.05. The lowest BCUT2D eigenvalue weighted by molar-refractivity contribution is 0.251. The van der Waals surface area contributed by atoms with Crippen molar-refractivity contribution in [1.82, 2.24) is 5.32 Å². The van der Waals surface area contributed by atoms with Crippen LogP contribution < -0.4 is 10.6 Å². The Morgan fingerprint density at radius 1 is 1.12 bits per heavy atom. The highest BCUT2D eigenvalue weighted by Gasteiger charge is 2.01. The van der Waals surface area contributed by atoms with Crippen LogP contribution in [0.2, 0.25) is 0 Å². The van der Waals surface area contributed by atoms with Crippen LogP contribution in [-0.4, -0.2) is 6.03 Å². The first kappa shape index (κ1) is 10.3. The minimum absolute atomic E-state index is 0.248. The SMILES string of the molecule is O=C(NCc1ccco1)Nc1ccccc1. The topological polar surface area (TPSA) is 54.3 Å². The minimum Gasteiger partial charge on any atom is -0.467 e. The quantitative estimate of drug-likeness (QED) is 0.828. The molecule has 2 N–H and O–H groups in total. The van der Waals surface area contributed by atoms with E-state index in [-0.39, 0.29) is 6.03 Å². The number of furan rings is 1. The fraction of sp³-hybridized carbons (Fsp3) is 0.0833. The normalized spacial score (nSPS) is 9.75. The standard InChI is InChI=1S/C12H12N2O2/c15-12(13-9-11-7-4-8-16-11)14-10-5-2-1-3-6-10/h1-8H,9H2,(H2,13,14,15). The molecule has 0 aliphatic heterocycles. The molecule has 0 spiro atoms. The molecule has 1 heterocycles. The third kappa shape index (κ3) is 2.88. The van der Waals surface area contributed by atoms with E-state index in [9.17, 15) is 4.79 Å².